The van der Waals surface area contributed by atoms with Gasteiger partial charge in [-0.2, -0.15) is 0 Å². The highest BCUT2D eigenvalue weighted by Gasteiger charge is 2.21. The average molecular weight is 214 g/mol. The molecule has 5 heteroatoms. The Balaban J connectivity index is 2.32. The Hall–Kier alpha value is -0.810. The number of carbonyl (C=O) groups excluding carboxylic acids is 1. The summed E-state index contributed by atoms with van der Waals surface area (Å²) in [6.45, 7) is 6.20. The molecule has 1 fully saturated rings. The van der Waals surface area contributed by atoms with Crippen molar-refractivity contribution in [3.8, 4) is 0 Å². The largest absolute Gasteiger partial charge is 0.334 e. The Morgan fingerprint density at radius 2 is 1.93 bits per heavy atom. The zero-order valence-electron chi connectivity index (χ0n) is 9.78. The van der Waals surface area contributed by atoms with Crippen LogP contribution >= 0.6 is 0 Å². The maximum Gasteiger partial charge on any atom is 0.334 e. The molecule has 1 saturated heterocycles. The van der Waals surface area contributed by atoms with Crippen molar-refractivity contribution in [2.24, 2.45) is 5.84 Å². The smallest absolute Gasteiger partial charge is 0.321 e. The van der Waals surface area contributed by atoms with Crippen LogP contribution in [-0.2, 0) is 0 Å². The molecule has 1 heterocycles. The van der Waals surface area contributed by atoms with E-state index in [4.69, 9.17) is 5.84 Å². The lowest BCUT2D eigenvalue weighted by molar-refractivity contribution is 0.122. The highest BCUT2D eigenvalue weighted by molar-refractivity contribution is 5.73. The van der Waals surface area contributed by atoms with Gasteiger partial charge in [-0.1, -0.05) is 13.3 Å². The summed E-state index contributed by atoms with van der Waals surface area (Å²) in [6, 6.07) is -0.0310. The van der Waals surface area contributed by atoms with Gasteiger partial charge < -0.3 is 9.80 Å². The summed E-state index contributed by atoms with van der Waals surface area (Å²) < 4.78 is 0. The van der Waals surface area contributed by atoms with Crippen LogP contribution in [0.2, 0.25) is 0 Å². The van der Waals surface area contributed by atoms with Crippen LogP contribution in [0.1, 0.15) is 19.8 Å². The molecule has 0 aromatic carbocycles. The van der Waals surface area contributed by atoms with E-state index < -0.39 is 0 Å². The molecule has 0 unspecified atom stereocenters. The van der Waals surface area contributed by atoms with E-state index in [1.54, 1.807) is 0 Å². The molecule has 0 aromatic rings. The second-order valence-corrected chi connectivity index (χ2v) is 4.12. The lowest BCUT2D eigenvalue weighted by Gasteiger charge is -2.34. The molecule has 0 saturated carbocycles. The summed E-state index contributed by atoms with van der Waals surface area (Å²) in [6.07, 6.45) is 2.03. The van der Waals surface area contributed by atoms with E-state index in [1.807, 2.05) is 4.90 Å². The minimum absolute atomic E-state index is 0.0310. The molecule has 0 atom stereocenters. The first-order valence-corrected chi connectivity index (χ1v) is 5.64. The quantitative estimate of drug-likeness (QED) is 0.418. The number of hydrogen-bond donors (Lipinski definition) is 1. The Bertz CT molecular complexity index is 202. The summed E-state index contributed by atoms with van der Waals surface area (Å²) in [5.74, 6) is 5.70. The fraction of sp³-hybridized carbons (Fsp3) is 0.900. The monoisotopic (exact) mass is 214 g/mol. The number of piperazine rings is 1. The van der Waals surface area contributed by atoms with Gasteiger partial charge in [0, 0.05) is 32.7 Å². The molecular weight excluding hydrogens is 192 g/mol. The van der Waals surface area contributed by atoms with Crippen molar-refractivity contribution < 1.29 is 4.79 Å². The van der Waals surface area contributed by atoms with Gasteiger partial charge in [-0.05, 0) is 13.5 Å². The SMILES string of the molecule is CCCCN(N)C(=O)N1CCN(C)CC1. The van der Waals surface area contributed by atoms with E-state index in [2.05, 4.69) is 18.9 Å². The summed E-state index contributed by atoms with van der Waals surface area (Å²) in [4.78, 5) is 15.9. The lowest BCUT2D eigenvalue weighted by atomic mass is 10.3. The Kier molecular flexibility index (Phi) is 4.84. The molecule has 1 rings (SSSR count). The Labute approximate surface area is 91.8 Å². The van der Waals surface area contributed by atoms with Crippen LogP contribution in [0.4, 0.5) is 4.79 Å². The second kappa shape index (κ2) is 5.92. The van der Waals surface area contributed by atoms with Crippen LogP contribution in [-0.4, -0.2) is 60.6 Å². The van der Waals surface area contributed by atoms with Crippen LogP contribution in [0.5, 0.6) is 0 Å². The normalized spacial score (nSPS) is 17.9. The molecule has 0 aromatic heterocycles. The zero-order chi connectivity index (χ0) is 11.3. The van der Waals surface area contributed by atoms with Gasteiger partial charge in [0.05, 0.1) is 0 Å². The number of hydrogen-bond acceptors (Lipinski definition) is 3. The zero-order valence-corrected chi connectivity index (χ0v) is 9.78. The van der Waals surface area contributed by atoms with Crippen LogP contribution in [0.15, 0.2) is 0 Å². The first-order chi connectivity index (χ1) is 7.15. The third kappa shape index (κ3) is 3.68. The minimum Gasteiger partial charge on any atom is -0.321 e. The van der Waals surface area contributed by atoms with Crippen molar-refractivity contribution >= 4 is 6.03 Å². The third-order valence-electron chi connectivity index (χ3n) is 2.77. The van der Waals surface area contributed by atoms with Crippen LogP contribution in [0, 0.1) is 0 Å². The molecule has 5 nitrogen and oxygen atoms in total. The van der Waals surface area contributed by atoms with Gasteiger partial charge in [0.25, 0.3) is 0 Å². The van der Waals surface area contributed by atoms with E-state index in [-0.39, 0.29) is 6.03 Å². The molecule has 1 aliphatic heterocycles. The number of nitrogens with zero attached hydrogens (tertiary/aromatic N) is 3. The van der Waals surface area contributed by atoms with Gasteiger partial charge in [0.2, 0.25) is 0 Å². The average Bonchev–Trinajstić information content (AvgIpc) is 2.26. The predicted octanol–water partition coefficient (Wildman–Crippen LogP) is 0.330. The predicted molar refractivity (Wildman–Crippen MR) is 60.3 cm³/mol. The molecule has 1 aliphatic rings. The summed E-state index contributed by atoms with van der Waals surface area (Å²) >= 11 is 0. The molecule has 0 spiro atoms. The number of unbranched alkanes of at least 4 members (excludes halogenated alkanes) is 1. The van der Waals surface area contributed by atoms with Gasteiger partial charge >= 0.3 is 6.03 Å². The molecule has 15 heavy (non-hydrogen) atoms. The molecule has 0 aliphatic carbocycles. The van der Waals surface area contributed by atoms with Crippen molar-refractivity contribution in [2.75, 3.05) is 39.8 Å². The molecule has 2 amide bonds. The first kappa shape index (κ1) is 12.3. The highest BCUT2D eigenvalue weighted by Crippen LogP contribution is 2.02. The van der Waals surface area contributed by atoms with Crippen molar-refractivity contribution in [3.63, 3.8) is 0 Å². The van der Waals surface area contributed by atoms with E-state index in [1.165, 1.54) is 5.01 Å². The minimum atomic E-state index is -0.0310. The van der Waals surface area contributed by atoms with E-state index >= 15 is 0 Å². The van der Waals surface area contributed by atoms with E-state index in [0.29, 0.717) is 6.54 Å². The van der Waals surface area contributed by atoms with Gasteiger partial charge in [-0.15, -0.1) is 0 Å². The maximum atomic E-state index is 11.8. The molecule has 0 bridgehead atoms. The van der Waals surface area contributed by atoms with Crippen LogP contribution in [0.3, 0.4) is 0 Å². The maximum absolute atomic E-state index is 11.8. The van der Waals surface area contributed by atoms with Crippen molar-refractivity contribution in [3.05, 3.63) is 0 Å². The number of likely N-dealkylation sites (N-methyl/N-ethyl adjacent to an activating group) is 1. The van der Waals surface area contributed by atoms with Gasteiger partial charge in [-0.3, -0.25) is 5.01 Å². The van der Waals surface area contributed by atoms with Crippen molar-refractivity contribution in [1.82, 2.24) is 14.8 Å². The number of amides is 2. The van der Waals surface area contributed by atoms with Gasteiger partial charge in [0.15, 0.2) is 0 Å². The molecule has 2 N–H and O–H groups in total. The summed E-state index contributed by atoms with van der Waals surface area (Å²) in [5.41, 5.74) is 0. The number of hydrazine groups is 1. The number of carbonyl (C=O) groups is 1. The highest BCUT2D eigenvalue weighted by atomic mass is 16.2. The number of rotatable bonds is 3. The first-order valence-electron chi connectivity index (χ1n) is 5.64. The number of urea groups is 1. The fourth-order valence-corrected chi connectivity index (χ4v) is 1.60. The summed E-state index contributed by atoms with van der Waals surface area (Å²) in [7, 11) is 2.07. The molecule has 0 radical (unpaired) electrons. The topological polar surface area (TPSA) is 52.8 Å². The Morgan fingerprint density at radius 3 is 2.47 bits per heavy atom. The number of nitrogens with two attached hydrogens (primary N) is 1. The van der Waals surface area contributed by atoms with Crippen molar-refractivity contribution in [1.29, 1.82) is 0 Å². The summed E-state index contributed by atoms with van der Waals surface area (Å²) in [5, 5.41) is 1.34. The Morgan fingerprint density at radius 1 is 1.33 bits per heavy atom. The second-order valence-electron chi connectivity index (χ2n) is 4.12. The van der Waals surface area contributed by atoms with E-state index in [9.17, 15) is 4.79 Å². The van der Waals surface area contributed by atoms with Crippen LogP contribution < -0.4 is 5.84 Å². The molecule has 88 valence electrons. The molecular formula is C10H22N4O. The van der Waals surface area contributed by atoms with Gasteiger partial charge in [0.1, 0.15) is 0 Å². The van der Waals surface area contributed by atoms with E-state index in [0.717, 1.165) is 39.0 Å². The van der Waals surface area contributed by atoms with Crippen molar-refractivity contribution in [2.45, 2.75) is 19.8 Å². The standard InChI is InChI=1S/C10H22N4O/c1-3-4-5-14(11)10(15)13-8-6-12(2)7-9-13/h3-9,11H2,1-2H3. The lowest BCUT2D eigenvalue weighted by Crippen LogP contribution is -2.53. The third-order valence-corrected chi connectivity index (χ3v) is 2.77. The fourth-order valence-electron chi connectivity index (χ4n) is 1.60. The van der Waals surface area contributed by atoms with Gasteiger partial charge in [-0.25, -0.2) is 10.6 Å². The van der Waals surface area contributed by atoms with Crippen LogP contribution in [0.25, 0.3) is 0 Å².